The molecule has 1 aromatic carbocycles. The van der Waals surface area contributed by atoms with Crippen LogP contribution >= 0.6 is 11.6 Å². The molecule has 0 amide bonds. The maximum absolute atomic E-state index is 8.77. The Bertz CT molecular complexity index is 514. The molecule has 0 radical (unpaired) electrons. The molecule has 0 atom stereocenters. The first-order valence-electron chi connectivity index (χ1n) is 5.40. The molecule has 2 rings (SSSR count). The minimum atomic E-state index is 0.102. The first-order chi connectivity index (χ1) is 8.28. The van der Waals surface area contributed by atoms with Crippen LogP contribution < -0.4 is 0 Å². The molecule has 0 aliphatic carbocycles. The normalized spacial score (nSPS) is 11.2. The molecule has 0 aliphatic heterocycles. The van der Waals surface area contributed by atoms with E-state index in [2.05, 4.69) is 0 Å². The number of hydrogen-bond donors (Lipinski definition) is 1. The van der Waals surface area contributed by atoms with Gasteiger partial charge in [0.2, 0.25) is 0 Å². The Morgan fingerprint density at radius 1 is 1.18 bits per heavy atom. The second-order valence-corrected chi connectivity index (χ2v) is 4.14. The van der Waals surface area contributed by atoms with E-state index in [-0.39, 0.29) is 6.61 Å². The second kappa shape index (κ2) is 5.71. The van der Waals surface area contributed by atoms with Crippen LogP contribution in [0.15, 0.2) is 41.0 Å². The van der Waals surface area contributed by atoms with E-state index in [1.165, 1.54) is 0 Å². The molecule has 1 heterocycles. The molecule has 1 aromatic heterocycles. The van der Waals surface area contributed by atoms with E-state index in [0.29, 0.717) is 6.42 Å². The molecular formula is C14H13ClO2. The molecule has 0 saturated heterocycles. The van der Waals surface area contributed by atoms with E-state index < -0.39 is 0 Å². The van der Waals surface area contributed by atoms with Crippen molar-refractivity contribution in [3.63, 3.8) is 0 Å². The summed E-state index contributed by atoms with van der Waals surface area (Å²) in [7, 11) is 0. The number of furan rings is 1. The molecule has 2 nitrogen and oxygen atoms in total. The monoisotopic (exact) mass is 248 g/mol. The van der Waals surface area contributed by atoms with Crippen LogP contribution in [-0.4, -0.2) is 11.7 Å². The van der Waals surface area contributed by atoms with Crippen molar-refractivity contribution in [1.29, 1.82) is 0 Å². The van der Waals surface area contributed by atoms with Gasteiger partial charge in [-0.2, -0.15) is 0 Å². The highest BCUT2D eigenvalue weighted by Crippen LogP contribution is 2.15. The molecule has 3 heteroatoms. The molecule has 0 fully saturated rings. The number of halogens is 1. The van der Waals surface area contributed by atoms with Crippen molar-refractivity contribution in [1.82, 2.24) is 0 Å². The van der Waals surface area contributed by atoms with Crippen LogP contribution in [-0.2, 0) is 6.42 Å². The minimum Gasteiger partial charge on any atom is -0.469 e. The summed E-state index contributed by atoms with van der Waals surface area (Å²) in [6, 6.07) is 9.55. The zero-order chi connectivity index (χ0) is 12.1. The summed E-state index contributed by atoms with van der Waals surface area (Å²) in [6.07, 6.45) is 6.15. The van der Waals surface area contributed by atoms with E-state index in [4.69, 9.17) is 21.1 Å². The highest BCUT2D eigenvalue weighted by atomic mass is 35.5. The minimum absolute atomic E-state index is 0.102. The number of aliphatic hydroxyl groups excluding tert-OH is 1. The van der Waals surface area contributed by atoms with E-state index in [1.54, 1.807) is 6.26 Å². The molecule has 1 N–H and O–H groups in total. The Hall–Kier alpha value is -1.51. The van der Waals surface area contributed by atoms with Crippen molar-refractivity contribution in [2.24, 2.45) is 0 Å². The third-order valence-electron chi connectivity index (χ3n) is 2.35. The molecule has 0 spiro atoms. The van der Waals surface area contributed by atoms with Crippen molar-refractivity contribution in [3.8, 4) is 0 Å². The van der Waals surface area contributed by atoms with Crippen molar-refractivity contribution in [2.45, 2.75) is 6.42 Å². The quantitative estimate of drug-likeness (QED) is 0.896. The van der Waals surface area contributed by atoms with Crippen LogP contribution in [0.3, 0.4) is 0 Å². The van der Waals surface area contributed by atoms with Crippen LogP contribution in [0.4, 0.5) is 0 Å². The zero-order valence-electron chi connectivity index (χ0n) is 9.27. The van der Waals surface area contributed by atoms with Gasteiger partial charge >= 0.3 is 0 Å². The van der Waals surface area contributed by atoms with Gasteiger partial charge in [0.25, 0.3) is 0 Å². The van der Waals surface area contributed by atoms with Gasteiger partial charge in [0.1, 0.15) is 5.76 Å². The maximum Gasteiger partial charge on any atom is 0.106 e. The zero-order valence-corrected chi connectivity index (χ0v) is 10.0. The summed E-state index contributed by atoms with van der Waals surface area (Å²) < 4.78 is 5.28. The average molecular weight is 249 g/mol. The lowest BCUT2D eigenvalue weighted by molar-refractivity contribution is 0.288. The summed E-state index contributed by atoms with van der Waals surface area (Å²) in [5.41, 5.74) is 2.02. The molecule has 0 saturated carbocycles. The van der Waals surface area contributed by atoms with Gasteiger partial charge < -0.3 is 9.52 Å². The van der Waals surface area contributed by atoms with Gasteiger partial charge in [-0.1, -0.05) is 35.9 Å². The Morgan fingerprint density at radius 3 is 2.76 bits per heavy atom. The Kier molecular flexibility index (Phi) is 4.02. The fourth-order valence-electron chi connectivity index (χ4n) is 1.53. The topological polar surface area (TPSA) is 33.4 Å². The first-order valence-corrected chi connectivity index (χ1v) is 5.77. The Labute approximate surface area is 105 Å². The number of benzene rings is 1. The first kappa shape index (κ1) is 12.0. The van der Waals surface area contributed by atoms with Crippen molar-refractivity contribution in [3.05, 3.63) is 58.5 Å². The van der Waals surface area contributed by atoms with Gasteiger partial charge in [-0.25, -0.2) is 0 Å². The molecule has 17 heavy (non-hydrogen) atoms. The van der Waals surface area contributed by atoms with E-state index >= 15 is 0 Å². The lowest BCUT2D eigenvalue weighted by Crippen LogP contribution is -1.86. The van der Waals surface area contributed by atoms with Gasteiger partial charge in [0.05, 0.1) is 12.9 Å². The number of hydrogen-bond acceptors (Lipinski definition) is 2. The molecular weight excluding hydrogens is 236 g/mol. The lowest BCUT2D eigenvalue weighted by Gasteiger charge is -1.93. The number of aliphatic hydroxyl groups is 1. The summed E-state index contributed by atoms with van der Waals surface area (Å²) in [6.45, 7) is 0.102. The second-order valence-electron chi connectivity index (χ2n) is 3.71. The van der Waals surface area contributed by atoms with Crippen LogP contribution in [0.1, 0.15) is 16.9 Å². The maximum atomic E-state index is 8.77. The van der Waals surface area contributed by atoms with E-state index in [1.807, 2.05) is 42.5 Å². The molecule has 0 unspecified atom stereocenters. The van der Waals surface area contributed by atoms with Gasteiger partial charge in [-0.05, 0) is 23.8 Å². The lowest BCUT2D eigenvalue weighted by atomic mass is 10.2. The van der Waals surface area contributed by atoms with Gasteiger partial charge in [-0.3, -0.25) is 0 Å². The molecule has 88 valence electrons. The van der Waals surface area contributed by atoms with E-state index in [0.717, 1.165) is 21.9 Å². The third-order valence-corrected chi connectivity index (χ3v) is 2.58. The van der Waals surface area contributed by atoms with Crippen LogP contribution in [0.25, 0.3) is 12.2 Å². The molecule has 2 aromatic rings. The largest absolute Gasteiger partial charge is 0.469 e. The van der Waals surface area contributed by atoms with Gasteiger partial charge in [0.15, 0.2) is 0 Å². The van der Waals surface area contributed by atoms with Crippen LogP contribution in [0.2, 0.25) is 5.02 Å². The van der Waals surface area contributed by atoms with Crippen LogP contribution in [0, 0.1) is 0 Å². The average Bonchev–Trinajstić information content (AvgIpc) is 2.75. The smallest absolute Gasteiger partial charge is 0.106 e. The Morgan fingerprint density at radius 2 is 2.00 bits per heavy atom. The third kappa shape index (κ3) is 3.48. The van der Waals surface area contributed by atoms with E-state index in [9.17, 15) is 0 Å². The van der Waals surface area contributed by atoms with Gasteiger partial charge in [-0.15, -0.1) is 0 Å². The summed E-state index contributed by atoms with van der Waals surface area (Å²) in [4.78, 5) is 0. The summed E-state index contributed by atoms with van der Waals surface area (Å²) >= 11 is 5.89. The molecule has 0 bridgehead atoms. The SMILES string of the molecule is OCCc1cc(C=Cc2cccc(Cl)c2)co1. The van der Waals surface area contributed by atoms with Crippen molar-refractivity contribution >= 4 is 23.8 Å². The van der Waals surface area contributed by atoms with Crippen molar-refractivity contribution < 1.29 is 9.52 Å². The predicted molar refractivity (Wildman–Crippen MR) is 69.9 cm³/mol. The summed E-state index contributed by atoms with van der Waals surface area (Å²) in [5, 5.41) is 9.50. The predicted octanol–water partition coefficient (Wildman–Crippen LogP) is 3.64. The van der Waals surface area contributed by atoms with Crippen molar-refractivity contribution in [2.75, 3.05) is 6.61 Å². The fraction of sp³-hybridized carbons (Fsp3) is 0.143. The standard InChI is InChI=1S/C14H13ClO2/c15-13-3-1-2-11(8-13)4-5-12-9-14(6-7-16)17-10-12/h1-5,8-10,16H,6-7H2. The molecule has 0 aliphatic rings. The summed E-state index contributed by atoms with van der Waals surface area (Å²) in [5.74, 6) is 0.790. The highest BCUT2D eigenvalue weighted by Gasteiger charge is 1.98. The highest BCUT2D eigenvalue weighted by molar-refractivity contribution is 6.30. The Balaban J connectivity index is 2.09. The number of rotatable bonds is 4. The fourth-order valence-corrected chi connectivity index (χ4v) is 1.73. The van der Waals surface area contributed by atoms with Crippen LogP contribution in [0.5, 0.6) is 0 Å². The van der Waals surface area contributed by atoms with Gasteiger partial charge in [0, 0.05) is 17.0 Å².